The zero-order valence-electron chi connectivity index (χ0n) is 32.7. The van der Waals surface area contributed by atoms with Crippen molar-refractivity contribution >= 4 is 14.8 Å². The number of hydrogen-bond acceptors (Lipinski definition) is 0. The van der Waals surface area contributed by atoms with Crippen molar-refractivity contribution in [3.8, 4) is 11.1 Å². The summed E-state index contributed by atoms with van der Waals surface area (Å²) >= 11 is 7.28. The fourth-order valence-corrected chi connectivity index (χ4v) is 7.30. The van der Waals surface area contributed by atoms with E-state index < -0.39 is 0 Å². The van der Waals surface area contributed by atoms with Crippen molar-refractivity contribution in [1.82, 2.24) is 0 Å². The van der Waals surface area contributed by atoms with Crippen LogP contribution in [0.25, 0.3) is 11.1 Å². The number of halogens is 3. The van der Waals surface area contributed by atoms with E-state index in [9.17, 15) is 0 Å². The van der Waals surface area contributed by atoms with E-state index in [1.807, 2.05) is 30.4 Å². The summed E-state index contributed by atoms with van der Waals surface area (Å²) in [6.07, 6.45) is 11.0. The van der Waals surface area contributed by atoms with Crippen LogP contribution < -0.4 is 24.8 Å². The molecule has 51 heavy (non-hydrogen) atoms. The molecule has 0 nitrogen and oxygen atoms in total. The molecule has 4 heteroatoms. The first-order valence-electron chi connectivity index (χ1n) is 17.6. The summed E-state index contributed by atoms with van der Waals surface area (Å²) in [5, 5.41) is 0.787. The van der Waals surface area contributed by atoms with Gasteiger partial charge in [-0.1, -0.05) is 106 Å². The van der Waals surface area contributed by atoms with E-state index in [1.165, 1.54) is 83.1 Å². The molecule has 0 saturated carbocycles. The molecular weight excluding hydrogens is 762 g/mol. The molecule has 4 aromatic rings. The zero-order chi connectivity index (χ0) is 36.4. The molecule has 0 atom stereocenters. The van der Waals surface area contributed by atoms with Gasteiger partial charge in [-0.15, -0.1) is 23.1 Å². The SMILES string of the molecule is CC(C)(C)c1[c-]c2c(cc1C(C)(C)C)-c1cc(C(C)(C)C)c(C(C)(C)C)cc1C2.Clc1ccc([C](=[Zr+2])c2ccccc2)cc1.[C-]1=CC=CC1.[Cl-].[Cl-]. The normalized spacial score (nSPS) is 13.1. The van der Waals surface area contributed by atoms with Gasteiger partial charge in [0.1, 0.15) is 0 Å². The molecule has 2 aliphatic carbocycles. The van der Waals surface area contributed by atoms with Gasteiger partial charge in [-0.3, -0.25) is 6.08 Å². The molecule has 0 amide bonds. The Morgan fingerprint density at radius 2 is 1.14 bits per heavy atom. The molecule has 0 N–H and O–H groups in total. The molecule has 0 spiro atoms. The molecule has 0 bridgehead atoms. The van der Waals surface area contributed by atoms with Crippen LogP contribution in [0, 0.1) is 12.1 Å². The van der Waals surface area contributed by atoms with E-state index in [4.69, 9.17) is 11.6 Å². The number of fused-ring (bicyclic) bond motifs is 3. The van der Waals surface area contributed by atoms with Gasteiger partial charge in [0, 0.05) is 0 Å². The maximum absolute atomic E-state index is 5.86. The summed E-state index contributed by atoms with van der Waals surface area (Å²) in [7, 11) is 0. The van der Waals surface area contributed by atoms with Gasteiger partial charge in [-0.25, -0.2) is 12.2 Å². The molecule has 4 aromatic carbocycles. The quantitative estimate of drug-likeness (QED) is 0.168. The van der Waals surface area contributed by atoms with Crippen LogP contribution in [0.1, 0.15) is 134 Å². The van der Waals surface area contributed by atoms with Crippen molar-refractivity contribution in [2.24, 2.45) is 0 Å². The second-order valence-electron chi connectivity index (χ2n) is 17.4. The van der Waals surface area contributed by atoms with Crippen LogP contribution in [-0.2, 0) is 52.3 Å². The third-order valence-corrected chi connectivity index (χ3v) is 10.7. The van der Waals surface area contributed by atoms with Crippen LogP contribution in [0.3, 0.4) is 0 Å². The Bertz CT molecular complexity index is 1740. The van der Waals surface area contributed by atoms with E-state index in [-0.39, 0.29) is 46.5 Å². The maximum atomic E-state index is 5.86. The third kappa shape index (κ3) is 11.7. The summed E-state index contributed by atoms with van der Waals surface area (Å²) in [5.74, 6) is 0. The molecule has 0 unspecified atom stereocenters. The summed E-state index contributed by atoms with van der Waals surface area (Å²) in [6.45, 7) is 28.0. The van der Waals surface area contributed by atoms with E-state index in [1.54, 1.807) is 0 Å². The van der Waals surface area contributed by atoms with Crippen molar-refractivity contribution in [3.63, 3.8) is 0 Å². The molecule has 0 heterocycles. The number of allylic oxidation sites excluding steroid dienone is 4. The smallest absolute Gasteiger partial charge is 0.109 e. The van der Waals surface area contributed by atoms with E-state index in [0.717, 1.165) is 17.9 Å². The van der Waals surface area contributed by atoms with Crippen molar-refractivity contribution in [2.45, 2.75) is 118 Å². The van der Waals surface area contributed by atoms with Gasteiger partial charge in [0.2, 0.25) is 0 Å². The minimum atomic E-state index is 0. The Kier molecular flexibility index (Phi) is 15.8. The summed E-state index contributed by atoms with van der Waals surface area (Å²) < 4.78 is 1.36. The second kappa shape index (κ2) is 17.9. The van der Waals surface area contributed by atoms with Gasteiger partial charge in [-0.2, -0.15) is 23.8 Å². The molecule has 0 aromatic heterocycles. The largest absolute Gasteiger partial charge is 1.00 e. The summed E-state index contributed by atoms with van der Waals surface area (Å²) in [5.41, 5.74) is 14.5. The van der Waals surface area contributed by atoms with Gasteiger partial charge in [-0.05, 0) is 39.4 Å². The number of hydrogen-bond donors (Lipinski definition) is 0. The Morgan fingerprint density at radius 3 is 1.59 bits per heavy atom. The van der Waals surface area contributed by atoms with Crippen molar-refractivity contribution < 1.29 is 49.0 Å². The average molecular weight is 818 g/mol. The second-order valence-corrected chi connectivity index (χ2v) is 19.1. The Hall–Kier alpha value is -2.02. The van der Waals surface area contributed by atoms with Gasteiger partial charge < -0.3 is 24.8 Å². The molecule has 2 aliphatic rings. The summed E-state index contributed by atoms with van der Waals surface area (Å²) in [4.78, 5) is 0. The minimum absolute atomic E-state index is 0. The molecule has 270 valence electrons. The first-order valence-corrected chi connectivity index (χ1v) is 19.2. The van der Waals surface area contributed by atoms with Crippen molar-refractivity contribution in [3.05, 3.63) is 153 Å². The average Bonchev–Trinajstić information content (AvgIpc) is 3.71. The molecule has 0 aliphatic heterocycles. The predicted octanol–water partition coefficient (Wildman–Crippen LogP) is 7.02. The van der Waals surface area contributed by atoms with E-state index >= 15 is 0 Å². The first kappa shape index (κ1) is 45.1. The monoisotopic (exact) mass is 814 g/mol. The van der Waals surface area contributed by atoms with E-state index in [2.05, 4.69) is 156 Å². The standard InChI is InChI=1S/C29H41.C13H9Cl.C5H5.2ClH.Zr/c1-26(2,3)22-14-18-13-19-15-23(27(4,5)6)25(29(10,11)12)17-21(19)20(18)16-24(22)28(7,8)9;14-13-8-6-12(7-9-13)10-11-4-2-1-3-5-11;1-2-4-5-3-1;;;/h14,16-17H,13H2,1-12H3;1-9H;1-3H,4H2;2*1H;/q-1;;-1;;;+2/p-2. The minimum Gasteiger partial charge on any atom is -1.00 e. The Labute approximate surface area is 342 Å². The van der Waals surface area contributed by atoms with Crippen LogP contribution in [0.5, 0.6) is 0 Å². The Morgan fingerprint density at radius 1 is 0.627 bits per heavy atom. The van der Waals surface area contributed by atoms with Gasteiger partial charge in [0.05, 0.1) is 0 Å². The topological polar surface area (TPSA) is 0 Å². The van der Waals surface area contributed by atoms with Crippen molar-refractivity contribution in [1.29, 1.82) is 0 Å². The predicted molar refractivity (Wildman–Crippen MR) is 211 cm³/mol. The van der Waals surface area contributed by atoms with E-state index in [0.29, 0.717) is 0 Å². The molecule has 0 fully saturated rings. The van der Waals surface area contributed by atoms with Crippen molar-refractivity contribution in [2.75, 3.05) is 0 Å². The van der Waals surface area contributed by atoms with Gasteiger partial charge in [0.25, 0.3) is 0 Å². The van der Waals surface area contributed by atoms with Gasteiger partial charge >= 0.3 is 110 Å². The van der Waals surface area contributed by atoms with Crippen LogP contribution in [0.15, 0.2) is 91.0 Å². The maximum Gasteiger partial charge on any atom is -0.109 e. The summed E-state index contributed by atoms with van der Waals surface area (Å²) in [6, 6.07) is 29.8. The molecule has 0 radical (unpaired) electrons. The number of benzene rings is 4. The molecule has 0 saturated heterocycles. The zero-order valence-corrected chi connectivity index (χ0v) is 37.4. The van der Waals surface area contributed by atoms with Crippen LogP contribution in [0.4, 0.5) is 0 Å². The number of rotatable bonds is 2. The fraction of sp³-hybridized carbons (Fsp3) is 0.383. The van der Waals surface area contributed by atoms with Crippen LogP contribution in [-0.4, -0.2) is 3.21 Å². The van der Waals surface area contributed by atoms with Gasteiger partial charge in [0.15, 0.2) is 0 Å². The third-order valence-electron chi connectivity index (χ3n) is 9.02. The van der Waals surface area contributed by atoms with Crippen LogP contribution >= 0.6 is 11.6 Å². The Balaban J connectivity index is 0.000000340. The van der Waals surface area contributed by atoms with Crippen LogP contribution in [0.2, 0.25) is 5.02 Å². The first-order chi connectivity index (χ1) is 22.7. The molecule has 6 rings (SSSR count). The molecular formula is C47H55Cl3Zr-2. The fourth-order valence-electron chi connectivity index (χ4n) is 6.35.